The number of hydrogen-bond donors (Lipinski definition) is 2. The van der Waals surface area contributed by atoms with Crippen molar-refractivity contribution in [2.45, 2.75) is 17.9 Å². The Hall–Kier alpha value is -0.830. The Kier molecular flexibility index (Phi) is 4.58. The van der Waals surface area contributed by atoms with Crippen LogP contribution in [-0.2, 0) is 10.0 Å². The summed E-state index contributed by atoms with van der Waals surface area (Å²) in [6.45, 7) is 1.94. The summed E-state index contributed by atoms with van der Waals surface area (Å²) >= 11 is 6.57. The number of nitrogens with one attached hydrogen (secondary N) is 1. The maximum absolute atomic E-state index is 11.3. The molecule has 1 aromatic carbocycles. The Morgan fingerprint density at radius 1 is 1.25 bits per heavy atom. The summed E-state index contributed by atoms with van der Waals surface area (Å²) in [5, 5.41) is 8.30. The van der Waals surface area contributed by atoms with E-state index >= 15 is 0 Å². The zero-order valence-corrected chi connectivity index (χ0v) is 14.4. The van der Waals surface area contributed by atoms with Crippen LogP contribution >= 0.6 is 31.9 Å². The average molecular weight is 424 g/mol. The van der Waals surface area contributed by atoms with Crippen molar-refractivity contribution < 1.29 is 12.8 Å². The summed E-state index contributed by atoms with van der Waals surface area (Å²) in [4.78, 5) is 0.0586. The van der Waals surface area contributed by atoms with E-state index in [2.05, 4.69) is 37.2 Å². The van der Waals surface area contributed by atoms with Gasteiger partial charge in [-0.2, -0.15) is 0 Å². The van der Waals surface area contributed by atoms with Crippen LogP contribution in [-0.4, -0.2) is 8.42 Å². The van der Waals surface area contributed by atoms with Crippen LogP contribution in [0.2, 0.25) is 0 Å². The molecule has 20 heavy (non-hydrogen) atoms. The second kappa shape index (κ2) is 5.88. The molecule has 0 amide bonds. The molecular weight excluding hydrogens is 412 g/mol. The van der Waals surface area contributed by atoms with Crippen LogP contribution in [0.3, 0.4) is 0 Å². The van der Waals surface area contributed by atoms with Gasteiger partial charge in [0.15, 0.2) is 4.67 Å². The summed E-state index contributed by atoms with van der Waals surface area (Å²) in [6.07, 6.45) is 0. The highest BCUT2D eigenvalue weighted by molar-refractivity contribution is 9.10. The molecule has 0 saturated carbocycles. The van der Waals surface area contributed by atoms with Crippen molar-refractivity contribution in [1.82, 2.24) is 0 Å². The SMILES string of the molecule is CC(Nc1ccc(S(N)(=O)=O)cc1Br)c1ccc(Br)o1. The fourth-order valence-corrected chi connectivity index (χ4v) is 3.16. The number of anilines is 1. The molecule has 8 heteroatoms. The van der Waals surface area contributed by atoms with Gasteiger partial charge in [0.25, 0.3) is 0 Å². The lowest BCUT2D eigenvalue weighted by Crippen LogP contribution is -2.12. The van der Waals surface area contributed by atoms with E-state index in [4.69, 9.17) is 9.56 Å². The minimum Gasteiger partial charge on any atom is -0.452 e. The molecule has 1 unspecified atom stereocenters. The van der Waals surface area contributed by atoms with Gasteiger partial charge in [-0.05, 0) is 69.1 Å². The van der Waals surface area contributed by atoms with Crippen LogP contribution in [0.1, 0.15) is 18.7 Å². The molecule has 0 bridgehead atoms. The first-order valence-corrected chi connectivity index (χ1v) is 8.75. The maximum atomic E-state index is 11.3. The van der Waals surface area contributed by atoms with E-state index in [0.29, 0.717) is 9.14 Å². The summed E-state index contributed by atoms with van der Waals surface area (Å²) in [7, 11) is -3.70. The number of rotatable bonds is 4. The van der Waals surface area contributed by atoms with Crippen molar-refractivity contribution >= 4 is 47.6 Å². The number of nitrogens with two attached hydrogens (primary N) is 1. The van der Waals surface area contributed by atoms with Gasteiger partial charge in [0.1, 0.15) is 5.76 Å². The smallest absolute Gasteiger partial charge is 0.238 e. The lowest BCUT2D eigenvalue weighted by atomic mass is 10.2. The van der Waals surface area contributed by atoms with Crippen molar-refractivity contribution in [3.05, 3.63) is 45.2 Å². The van der Waals surface area contributed by atoms with Crippen LogP contribution in [0.5, 0.6) is 0 Å². The van der Waals surface area contributed by atoms with E-state index in [0.717, 1.165) is 11.4 Å². The third kappa shape index (κ3) is 3.63. The maximum Gasteiger partial charge on any atom is 0.238 e. The number of primary sulfonamides is 1. The summed E-state index contributed by atoms with van der Waals surface area (Å²) in [5.41, 5.74) is 0.748. The largest absolute Gasteiger partial charge is 0.452 e. The second-order valence-corrected chi connectivity index (χ2v) is 7.39. The zero-order valence-electron chi connectivity index (χ0n) is 10.4. The molecule has 108 valence electrons. The third-order valence-corrected chi connectivity index (χ3v) is 4.66. The van der Waals surface area contributed by atoms with Crippen LogP contribution in [0.25, 0.3) is 0 Å². The highest BCUT2D eigenvalue weighted by Crippen LogP contribution is 2.29. The standard InChI is InChI=1S/C12H12Br2N2O3S/c1-7(11-4-5-12(14)19-11)16-10-3-2-8(6-9(10)13)20(15,17)18/h2-7,16H,1H3,(H2,15,17,18). The van der Waals surface area contributed by atoms with Gasteiger partial charge in [-0.25, -0.2) is 13.6 Å². The van der Waals surface area contributed by atoms with Crippen LogP contribution in [0.15, 0.2) is 48.8 Å². The van der Waals surface area contributed by atoms with Crippen LogP contribution < -0.4 is 10.5 Å². The average Bonchev–Trinajstić information content (AvgIpc) is 2.77. The number of halogens is 2. The normalized spacial score (nSPS) is 13.2. The molecule has 0 fully saturated rings. The molecule has 5 nitrogen and oxygen atoms in total. The Morgan fingerprint density at radius 2 is 1.95 bits per heavy atom. The van der Waals surface area contributed by atoms with Gasteiger partial charge in [-0.1, -0.05) is 0 Å². The minimum atomic E-state index is -3.70. The van der Waals surface area contributed by atoms with Gasteiger partial charge in [0, 0.05) is 10.2 Å². The topological polar surface area (TPSA) is 85.3 Å². The molecule has 1 heterocycles. The van der Waals surface area contributed by atoms with Gasteiger partial charge >= 0.3 is 0 Å². The van der Waals surface area contributed by atoms with Gasteiger partial charge < -0.3 is 9.73 Å². The Morgan fingerprint density at radius 3 is 2.45 bits per heavy atom. The number of hydrogen-bond acceptors (Lipinski definition) is 4. The predicted octanol–water partition coefficient (Wildman–Crippen LogP) is 3.63. The molecule has 0 spiro atoms. The van der Waals surface area contributed by atoms with Gasteiger partial charge in [0.05, 0.1) is 10.9 Å². The molecule has 0 radical (unpaired) electrons. The van der Waals surface area contributed by atoms with E-state index in [1.165, 1.54) is 12.1 Å². The molecule has 3 N–H and O–H groups in total. The third-order valence-electron chi connectivity index (χ3n) is 2.66. The highest BCUT2D eigenvalue weighted by Gasteiger charge is 2.14. The lowest BCUT2D eigenvalue weighted by molar-refractivity contribution is 0.471. The first-order valence-electron chi connectivity index (χ1n) is 5.61. The summed E-state index contributed by atoms with van der Waals surface area (Å²) in [6, 6.07) is 8.16. The van der Waals surface area contributed by atoms with E-state index in [1.54, 1.807) is 6.07 Å². The predicted molar refractivity (Wildman–Crippen MR) is 84.0 cm³/mol. The Bertz CT molecular complexity index is 728. The first kappa shape index (κ1) is 15.6. The lowest BCUT2D eigenvalue weighted by Gasteiger charge is -2.15. The van der Waals surface area contributed by atoms with E-state index < -0.39 is 10.0 Å². The molecular formula is C12H12Br2N2O3S. The zero-order chi connectivity index (χ0) is 14.9. The molecule has 1 atom stereocenters. The highest BCUT2D eigenvalue weighted by atomic mass is 79.9. The van der Waals surface area contributed by atoms with Crippen LogP contribution in [0, 0.1) is 0 Å². The molecule has 2 rings (SSSR count). The summed E-state index contributed by atoms with van der Waals surface area (Å²) < 4.78 is 29.2. The van der Waals surface area contributed by atoms with Gasteiger partial charge in [0.2, 0.25) is 10.0 Å². The summed E-state index contributed by atoms with van der Waals surface area (Å²) in [5.74, 6) is 0.763. The Balaban J connectivity index is 2.22. The monoisotopic (exact) mass is 422 g/mol. The van der Waals surface area contributed by atoms with E-state index in [-0.39, 0.29) is 10.9 Å². The molecule has 0 aliphatic rings. The molecule has 2 aromatic rings. The van der Waals surface area contributed by atoms with E-state index in [1.807, 2.05) is 19.1 Å². The number of sulfonamides is 1. The number of furan rings is 1. The van der Waals surface area contributed by atoms with Crippen molar-refractivity contribution in [2.24, 2.45) is 5.14 Å². The van der Waals surface area contributed by atoms with Crippen molar-refractivity contribution in [3.63, 3.8) is 0 Å². The van der Waals surface area contributed by atoms with E-state index in [9.17, 15) is 8.42 Å². The van der Waals surface area contributed by atoms with Gasteiger partial charge in [-0.15, -0.1) is 0 Å². The van der Waals surface area contributed by atoms with Crippen molar-refractivity contribution in [3.8, 4) is 0 Å². The molecule has 0 saturated heterocycles. The Labute approximate surface area is 133 Å². The molecule has 1 aromatic heterocycles. The fourth-order valence-electron chi connectivity index (χ4n) is 1.66. The minimum absolute atomic E-state index is 0.0586. The van der Waals surface area contributed by atoms with Gasteiger partial charge in [-0.3, -0.25) is 0 Å². The van der Waals surface area contributed by atoms with Crippen LogP contribution in [0.4, 0.5) is 5.69 Å². The quantitative estimate of drug-likeness (QED) is 0.786. The number of benzene rings is 1. The first-order chi connectivity index (χ1) is 9.27. The van der Waals surface area contributed by atoms with Crippen molar-refractivity contribution in [1.29, 1.82) is 0 Å². The molecule has 0 aliphatic heterocycles. The fraction of sp³-hybridized carbons (Fsp3) is 0.167. The second-order valence-electron chi connectivity index (χ2n) is 4.19. The molecule has 0 aliphatic carbocycles. The van der Waals surface area contributed by atoms with Crippen molar-refractivity contribution in [2.75, 3.05) is 5.32 Å².